The minimum atomic E-state index is -4.85. The highest BCUT2D eigenvalue weighted by molar-refractivity contribution is 7.99. The Balaban J connectivity index is 1.48. The van der Waals surface area contributed by atoms with Crippen LogP contribution in [0.3, 0.4) is 0 Å². The molecule has 0 spiro atoms. The highest BCUT2D eigenvalue weighted by Gasteiger charge is 2.43. The van der Waals surface area contributed by atoms with Gasteiger partial charge in [0.2, 0.25) is 5.91 Å². The van der Waals surface area contributed by atoms with Gasteiger partial charge in [-0.15, -0.1) is 11.8 Å². The van der Waals surface area contributed by atoms with E-state index >= 15 is 0 Å². The molecule has 0 bridgehead atoms. The number of nitrogens with zero attached hydrogens (tertiary/aromatic N) is 4. The highest BCUT2D eigenvalue weighted by Crippen LogP contribution is 2.34. The molecule has 0 radical (unpaired) electrons. The first-order valence-electron chi connectivity index (χ1n) is 10.7. The third kappa shape index (κ3) is 5.27. The number of alkyl halides is 3. The van der Waals surface area contributed by atoms with Crippen LogP contribution in [0.25, 0.3) is 0 Å². The highest BCUT2D eigenvalue weighted by atomic mass is 32.2. The van der Waals surface area contributed by atoms with E-state index in [-0.39, 0.29) is 49.7 Å². The number of aromatic nitrogens is 2. The molecule has 0 aliphatic carbocycles. The summed E-state index contributed by atoms with van der Waals surface area (Å²) in [7, 11) is 0. The molecule has 1 saturated heterocycles. The molecular formula is C21H21F6N5O2S. The normalized spacial score (nSPS) is 17.0. The maximum atomic E-state index is 13.9. The standard InChI is InChI=1S/C21H21F6N5O2S/c22-13-8-15(24)14(23)6-11(13)5-12(28)7-17(33)30-1-2-32-16(9-30)29-19(21(25,26)27)18(32)20(34)31-3-4-35-10-31/h6,8,12H,1-5,7,9-10,28H2/t12-/m0/s1. The molecule has 1 fully saturated rings. The molecule has 190 valence electrons. The number of hydrogen-bond donors (Lipinski definition) is 1. The van der Waals surface area contributed by atoms with Crippen molar-refractivity contribution in [3.05, 3.63) is 52.4 Å². The van der Waals surface area contributed by atoms with Crippen molar-refractivity contribution < 1.29 is 35.9 Å². The van der Waals surface area contributed by atoms with E-state index in [4.69, 9.17) is 5.73 Å². The average molecular weight is 521 g/mol. The fraction of sp³-hybridized carbons (Fsp3) is 0.476. The molecule has 2 aliphatic rings. The van der Waals surface area contributed by atoms with Crippen molar-refractivity contribution in [1.82, 2.24) is 19.4 Å². The van der Waals surface area contributed by atoms with Gasteiger partial charge in [0.25, 0.3) is 5.91 Å². The van der Waals surface area contributed by atoms with Gasteiger partial charge >= 0.3 is 6.18 Å². The number of nitrogens with two attached hydrogens (primary N) is 1. The first-order chi connectivity index (χ1) is 16.5. The van der Waals surface area contributed by atoms with E-state index in [1.165, 1.54) is 26.1 Å². The predicted octanol–water partition coefficient (Wildman–Crippen LogP) is 2.77. The van der Waals surface area contributed by atoms with Gasteiger partial charge in [-0.1, -0.05) is 0 Å². The Bertz CT molecular complexity index is 1150. The molecule has 7 nitrogen and oxygen atoms in total. The first-order valence-corrected chi connectivity index (χ1v) is 11.8. The Morgan fingerprint density at radius 1 is 1.06 bits per heavy atom. The van der Waals surface area contributed by atoms with Crippen LogP contribution in [0.15, 0.2) is 12.1 Å². The van der Waals surface area contributed by atoms with Gasteiger partial charge in [0.15, 0.2) is 17.3 Å². The van der Waals surface area contributed by atoms with Crippen molar-refractivity contribution in [2.45, 2.75) is 38.1 Å². The number of hydrogen-bond acceptors (Lipinski definition) is 5. The van der Waals surface area contributed by atoms with Crippen molar-refractivity contribution in [2.24, 2.45) is 5.73 Å². The summed E-state index contributed by atoms with van der Waals surface area (Å²) in [5.74, 6) is -4.03. The van der Waals surface area contributed by atoms with Crippen LogP contribution < -0.4 is 5.73 Å². The van der Waals surface area contributed by atoms with E-state index < -0.39 is 52.9 Å². The Labute approximate surface area is 200 Å². The summed E-state index contributed by atoms with van der Waals surface area (Å²) in [6.07, 6.45) is -5.40. The molecule has 2 aliphatic heterocycles. The maximum Gasteiger partial charge on any atom is 0.435 e. The third-order valence-electron chi connectivity index (χ3n) is 5.84. The van der Waals surface area contributed by atoms with Crippen LogP contribution in [0.1, 0.15) is 34.0 Å². The van der Waals surface area contributed by atoms with Crippen LogP contribution in [0.4, 0.5) is 26.3 Å². The van der Waals surface area contributed by atoms with E-state index in [0.717, 1.165) is 0 Å². The quantitative estimate of drug-likeness (QED) is 0.483. The number of imidazole rings is 1. The lowest BCUT2D eigenvalue weighted by Crippen LogP contribution is -2.42. The molecule has 35 heavy (non-hydrogen) atoms. The Morgan fingerprint density at radius 3 is 2.43 bits per heavy atom. The van der Waals surface area contributed by atoms with Crippen molar-refractivity contribution in [3.8, 4) is 0 Å². The summed E-state index contributed by atoms with van der Waals surface area (Å²) in [6, 6.07) is 0.115. The van der Waals surface area contributed by atoms with E-state index in [1.807, 2.05) is 0 Å². The van der Waals surface area contributed by atoms with E-state index in [1.54, 1.807) is 0 Å². The maximum absolute atomic E-state index is 13.9. The summed E-state index contributed by atoms with van der Waals surface area (Å²) in [4.78, 5) is 31.8. The fourth-order valence-electron chi connectivity index (χ4n) is 4.11. The van der Waals surface area contributed by atoms with E-state index in [2.05, 4.69) is 4.98 Å². The molecule has 2 aromatic rings. The third-order valence-corrected chi connectivity index (χ3v) is 6.81. The molecule has 0 saturated carbocycles. The number of fused-ring (bicyclic) bond motifs is 1. The van der Waals surface area contributed by atoms with Crippen LogP contribution in [0.2, 0.25) is 0 Å². The lowest BCUT2D eigenvalue weighted by molar-refractivity contribution is -0.141. The van der Waals surface area contributed by atoms with Crippen LogP contribution >= 0.6 is 11.8 Å². The molecule has 2 N–H and O–H groups in total. The minimum Gasteiger partial charge on any atom is -0.333 e. The molecule has 2 amide bonds. The number of amides is 2. The van der Waals surface area contributed by atoms with Crippen molar-refractivity contribution in [2.75, 3.05) is 24.7 Å². The van der Waals surface area contributed by atoms with Crippen molar-refractivity contribution in [3.63, 3.8) is 0 Å². The second-order valence-corrected chi connectivity index (χ2v) is 9.40. The van der Waals surface area contributed by atoms with Gasteiger partial charge in [-0.2, -0.15) is 13.2 Å². The molecule has 1 aromatic heterocycles. The number of carbonyl (C=O) groups is 2. The molecule has 1 atom stereocenters. The van der Waals surface area contributed by atoms with Crippen LogP contribution in [0, 0.1) is 17.5 Å². The minimum absolute atomic E-state index is 0.0147. The zero-order valence-corrected chi connectivity index (χ0v) is 19.1. The van der Waals surface area contributed by atoms with Gasteiger partial charge in [-0.25, -0.2) is 18.2 Å². The smallest absolute Gasteiger partial charge is 0.333 e. The fourth-order valence-corrected chi connectivity index (χ4v) is 5.06. The molecule has 3 heterocycles. The number of benzene rings is 1. The largest absolute Gasteiger partial charge is 0.435 e. The molecular weight excluding hydrogens is 500 g/mol. The summed E-state index contributed by atoms with van der Waals surface area (Å²) < 4.78 is 82.6. The number of carbonyl (C=O) groups excluding carboxylic acids is 2. The van der Waals surface area contributed by atoms with Gasteiger partial charge in [-0.3, -0.25) is 9.59 Å². The van der Waals surface area contributed by atoms with Crippen LogP contribution in [-0.2, 0) is 30.5 Å². The first kappa shape index (κ1) is 25.4. The molecule has 1 aromatic carbocycles. The summed E-state index contributed by atoms with van der Waals surface area (Å²) in [5, 5.41) is 0. The van der Waals surface area contributed by atoms with Crippen molar-refractivity contribution >= 4 is 23.6 Å². The lowest BCUT2D eigenvalue weighted by Gasteiger charge is -2.29. The summed E-state index contributed by atoms with van der Waals surface area (Å²) >= 11 is 1.44. The average Bonchev–Trinajstić information content (AvgIpc) is 3.44. The Hall–Kier alpha value is -2.74. The zero-order valence-electron chi connectivity index (χ0n) is 18.2. The second kappa shape index (κ2) is 9.72. The molecule has 0 unspecified atom stereocenters. The van der Waals surface area contributed by atoms with Gasteiger partial charge in [0.05, 0.1) is 12.4 Å². The summed E-state index contributed by atoms with van der Waals surface area (Å²) in [6.45, 7) is 0.0125. The molecule has 14 heteroatoms. The number of rotatable bonds is 5. The van der Waals surface area contributed by atoms with Gasteiger partial charge < -0.3 is 20.1 Å². The SMILES string of the molecule is N[C@H](CC(=O)N1CCn2c(nc(C(F)(F)F)c2C(=O)N2CCSC2)C1)Cc1cc(F)c(F)cc1F. The second-order valence-electron chi connectivity index (χ2n) is 8.32. The van der Waals surface area contributed by atoms with E-state index in [0.29, 0.717) is 24.4 Å². The van der Waals surface area contributed by atoms with E-state index in [9.17, 15) is 35.9 Å². The van der Waals surface area contributed by atoms with Gasteiger partial charge in [-0.05, 0) is 18.1 Å². The Kier molecular flexibility index (Phi) is 7.04. The Morgan fingerprint density at radius 2 is 1.77 bits per heavy atom. The van der Waals surface area contributed by atoms with Crippen LogP contribution in [-0.4, -0.2) is 61.9 Å². The zero-order chi connectivity index (χ0) is 25.5. The van der Waals surface area contributed by atoms with Gasteiger partial charge in [0.1, 0.15) is 17.3 Å². The topological polar surface area (TPSA) is 84.5 Å². The van der Waals surface area contributed by atoms with Crippen LogP contribution in [0.5, 0.6) is 0 Å². The predicted molar refractivity (Wildman–Crippen MR) is 114 cm³/mol. The number of halogens is 6. The van der Waals surface area contributed by atoms with Gasteiger partial charge in [0, 0.05) is 43.9 Å². The number of thioether (sulfide) groups is 1. The molecule has 4 rings (SSSR count). The monoisotopic (exact) mass is 521 g/mol. The van der Waals surface area contributed by atoms with Crippen molar-refractivity contribution in [1.29, 1.82) is 0 Å². The lowest BCUT2D eigenvalue weighted by atomic mass is 10.0. The summed E-state index contributed by atoms with van der Waals surface area (Å²) in [5.41, 5.74) is 3.89.